The number of carbonyl (C=O) groups excluding carboxylic acids is 1. The van der Waals surface area contributed by atoms with Gasteiger partial charge in [0.05, 0.1) is 11.7 Å². The second-order valence-corrected chi connectivity index (χ2v) is 7.19. The van der Waals surface area contributed by atoms with Crippen LogP contribution in [-0.4, -0.2) is 48.3 Å². The molecule has 0 bridgehead atoms. The summed E-state index contributed by atoms with van der Waals surface area (Å²) in [6, 6.07) is -0.00880. The Balaban J connectivity index is 0.00000156. The molecular weight excluding hydrogens is 361 g/mol. The van der Waals surface area contributed by atoms with Crippen molar-refractivity contribution in [3.05, 3.63) is 17.0 Å². The van der Waals surface area contributed by atoms with Gasteiger partial charge in [-0.05, 0) is 70.0 Å². The van der Waals surface area contributed by atoms with Crippen LogP contribution in [0.3, 0.4) is 0 Å². The number of carbonyl (C=O) groups is 1. The van der Waals surface area contributed by atoms with E-state index in [-0.39, 0.29) is 36.8 Å². The lowest BCUT2D eigenvalue weighted by Crippen LogP contribution is -2.40. The fraction of sp³-hybridized carbons (Fsp3) is 0.765. The predicted octanol–water partition coefficient (Wildman–Crippen LogP) is 1.65. The molecule has 2 fully saturated rings. The van der Waals surface area contributed by atoms with Crippen LogP contribution in [0.5, 0.6) is 0 Å². The molecule has 1 atom stereocenters. The van der Waals surface area contributed by atoms with E-state index in [9.17, 15) is 4.79 Å². The number of H-pyrrole nitrogens is 1. The molecule has 0 aliphatic carbocycles. The summed E-state index contributed by atoms with van der Waals surface area (Å²) in [5, 5.41) is 17.2. The molecule has 0 radical (unpaired) electrons. The first-order valence-electron chi connectivity index (χ1n) is 8.82. The van der Waals surface area contributed by atoms with Crippen LogP contribution in [-0.2, 0) is 11.2 Å². The zero-order chi connectivity index (χ0) is 16.3. The lowest BCUT2D eigenvalue weighted by Gasteiger charge is -2.33. The number of hydrogen-bond acceptors (Lipinski definition) is 4. The third-order valence-corrected chi connectivity index (χ3v) is 5.52. The average molecular weight is 392 g/mol. The molecule has 1 unspecified atom stereocenters. The van der Waals surface area contributed by atoms with Crippen LogP contribution in [0.4, 0.5) is 0 Å². The van der Waals surface area contributed by atoms with Gasteiger partial charge in [-0.3, -0.25) is 9.89 Å². The van der Waals surface area contributed by atoms with Crippen molar-refractivity contribution in [3.63, 3.8) is 0 Å². The molecule has 25 heavy (non-hydrogen) atoms. The highest BCUT2D eigenvalue weighted by atomic mass is 35.5. The van der Waals surface area contributed by atoms with Crippen LogP contribution in [0.25, 0.3) is 0 Å². The number of hydrogen-bond donors (Lipinski definition) is 4. The largest absolute Gasteiger partial charge is 0.355 e. The number of aromatic nitrogens is 2. The van der Waals surface area contributed by atoms with Gasteiger partial charge in [0.25, 0.3) is 0 Å². The van der Waals surface area contributed by atoms with Crippen molar-refractivity contribution in [3.8, 4) is 0 Å². The first-order valence-corrected chi connectivity index (χ1v) is 8.82. The summed E-state index contributed by atoms with van der Waals surface area (Å²) in [4.78, 5) is 12.4. The van der Waals surface area contributed by atoms with Gasteiger partial charge in [-0.2, -0.15) is 5.10 Å². The fourth-order valence-electron chi connectivity index (χ4n) is 3.98. The first kappa shape index (κ1) is 22.2. The Kier molecular flexibility index (Phi) is 8.68. The zero-order valence-electron chi connectivity index (χ0n) is 15.1. The summed E-state index contributed by atoms with van der Waals surface area (Å²) in [7, 11) is 0. The van der Waals surface area contributed by atoms with Gasteiger partial charge in [0, 0.05) is 18.8 Å². The van der Waals surface area contributed by atoms with Crippen molar-refractivity contribution >= 4 is 30.7 Å². The Morgan fingerprint density at radius 1 is 1.28 bits per heavy atom. The van der Waals surface area contributed by atoms with Gasteiger partial charge in [0.1, 0.15) is 0 Å². The number of aromatic amines is 1. The maximum Gasteiger partial charge on any atom is 0.237 e. The summed E-state index contributed by atoms with van der Waals surface area (Å²) in [6.45, 7) is 7.96. The number of aryl methyl sites for hydroxylation is 2. The predicted molar refractivity (Wildman–Crippen MR) is 105 cm³/mol. The topological polar surface area (TPSA) is 81.8 Å². The number of nitrogens with one attached hydrogen (secondary N) is 4. The van der Waals surface area contributed by atoms with Crippen molar-refractivity contribution in [1.29, 1.82) is 0 Å². The van der Waals surface area contributed by atoms with Crippen LogP contribution in [0.15, 0.2) is 0 Å². The highest BCUT2D eigenvalue weighted by Crippen LogP contribution is 2.37. The molecule has 6 nitrogen and oxygen atoms in total. The zero-order valence-corrected chi connectivity index (χ0v) is 16.7. The second-order valence-electron chi connectivity index (χ2n) is 7.19. The van der Waals surface area contributed by atoms with Crippen molar-refractivity contribution < 1.29 is 4.79 Å². The number of piperidine rings is 1. The highest BCUT2D eigenvalue weighted by molar-refractivity contribution is 5.85. The number of rotatable bonds is 5. The van der Waals surface area contributed by atoms with E-state index in [0.717, 1.165) is 56.8 Å². The van der Waals surface area contributed by atoms with E-state index in [0.29, 0.717) is 5.41 Å². The Morgan fingerprint density at radius 2 is 2.00 bits per heavy atom. The van der Waals surface area contributed by atoms with Crippen LogP contribution >= 0.6 is 24.8 Å². The highest BCUT2D eigenvalue weighted by Gasteiger charge is 2.41. The maximum atomic E-state index is 12.4. The van der Waals surface area contributed by atoms with Crippen molar-refractivity contribution in [2.45, 2.75) is 52.0 Å². The fourth-order valence-corrected chi connectivity index (χ4v) is 3.98. The molecule has 1 spiro atoms. The van der Waals surface area contributed by atoms with Crippen molar-refractivity contribution in [2.75, 3.05) is 26.2 Å². The number of nitrogens with zero attached hydrogens (tertiary/aromatic N) is 1. The van der Waals surface area contributed by atoms with E-state index in [4.69, 9.17) is 0 Å². The summed E-state index contributed by atoms with van der Waals surface area (Å²) in [5.41, 5.74) is 3.84. The van der Waals surface area contributed by atoms with E-state index >= 15 is 0 Å². The van der Waals surface area contributed by atoms with Gasteiger partial charge in [0.15, 0.2) is 0 Å². The van der Waals surface area contributed by atoms with E-state index in [1.165, 1.54) is 18.4 Å². The first-order chi connectivity index (χ1) is 11.1. The molecule has 3 heterocycles. The summed E-state index contributed by atoms with van der Waals surface area (Å²) >= 11 is 0. The van der Waals surface area contributed by atoms with E-state index in [2.05, 4.69) is 33.1 Å². The summed E-state index contributed by atoms with van der Waals surface area (Å²) in [5.74, 6) is 0.168. The van der Waals surface area contributed by atoms with Crippen molar-refractivity contribution in [2.24, 2.45) is 5.41 Å². The average Bonchev–Trinajstić information content (AvgIpc) is 3.10. The third-order valence-electron chi connectivity index (χ3n) is 5.52. The standard InChI is InChI=1S/C17H29N5O.2ClH/c1-12-14(13(2)22-21-12)4-3-7-19-16(23)15-10-17(11-20-15)5-8-18-9-6-17;;/h15,18,20H,3-11H2,1-2H3,(H,19,23)(H,21,22);2*1H. The van der Waals surface area contributed by atoms with Gasteiger partial charge in [-0.1, -0.05) is 0 Å². The van der Waals surface area contributed by atoms with Gasteiger partial charge < -0.3 is 16.0 Å². The van der Waals surface area contributed by atoms with E-state index < -0.39 is 0 Å². The molecule has 2 saturated heterocycles. The molecule has 2 aliphatic heterocycles. The minimum absolute atomic E-state index is 0. The minimum Gasteiger partial charge on any atom is -0.355 e. The summed E-state index contributed by atoms with van der Waals surface area (Å²) < 4.78 is 0. The molecular formula is C17H31Cl2N5O. The van der Waals surface area contributed by atoms with E-state index in [1.54, 1.807) is 0 Å². The van der Waals surface area contributed by atoms with Crippen LogP contribution < -0.4 is 16.0 Å². The van der Waals surface area contributed by atoms with Crippen LogP contribution in [0.1, 0.15) is 42.6 Å². The minimum atomic E-state index is -0.00880. The molecule has 0 saturated carbocycles. The molecule has 8 heteroatoms. The van der Waals surface area contributed by atoms with E-state index in [1.807, 2.05) is 6.92 Å². The Bertz CT molecular complexity index is 538. The van der Waals surface area contributed by atoms with Crippen LogP contribution in [0, 0.1) is 19.3 Å². The SMILES string of the molecule is Cc1n[nH]c(C)c1CCCNC(=O)C1CC2(CCNCC2)CN1.Cl.Cl. The molecule has 1 aromatic rings. The molecule has 2 aliphatic rings. The van der Waals surface area contributed by atoms with Gasteiger partial charge in [-0.25, -0.2) is 0 Å². The molecule has 4 N–H and O–H groups in total. The summed E-state index contributed by atoms with van der Waals surface area (Å²) in [6.07, 6.45) is 5.27. The Labute approximate surface area is 162 Å². The molecule has 3 rings (SSSR count). The quantitative estimate of drug-likeness (QED) is 0.575. The van der Waals surface area contributed by atoms with Crippen LogP contribution in [0.2, 0.25) is 0 Å². The molecule has 1 aromatic heterocycles. The number of amides is 1. The van der Waals surface area contributed by atoms with Gasteiger partial charge in [0.2, 0.25) is 5.91 Å². The van der Waals surface area contributed by atoms with Gasteiger partial charge >= 0.3 is 0 Å². The second kappa shape index (κ2) is 9.76. The van der Waals surface area contributed by atoms with Crippen molar-refractivity contribution in [1.82, 2.24) is 26.1 Å². The normalized spacial score (nSPS) is 21.4. The smallest absolute Gasteiger partial charge is 0.237 e. The lowest BCUT2D eigenvalue weighted by molar-refractivity contribution is -0.123. The Morgan fingerprint density at radius 3 is 2.64 bits per heavy atom. The number of halogens is 2. The Hall–Kier alpha value is -0.820. The molecule has 0 aromatic carbocycles. The maximum absolute atomic E-state index is 12.4. The monoisotopic (exact) mass is 391 g/mol. The molecule has 144 valence electrons. The van der Waals surface area contributed by atoms with Gasteiger partial charge in [-0.15, -0.1) is 24.8 Å². The third kappa shape index (κ3) is 5.33. The lowest BCUT2D eigenvalue weighted by atomic mass is 9.77. The molecule has 1 amide bonds.